The summed E-state index contributed by atoms with van der Waals surface area (Å²) >= 11 is 3.87. The molecule has 2 aromatic rings. The van der Waals surface area contributed by atoms with E-state index in [1.807, 2.05) is 22.7 Å². The van der Waals surface area contributed by atoms with Crippen LogP contribution < -0.4 is 0 Å². The van der Waals surface area contributed by atoms with Crippen LogP contribution in [-0.4, -0.2) is 18.0 Å². The molecule has 0 bridgehead atoms. The molecule has 4 heterocycles. The first-order valence-electron chi connectivity index (χ1n) is 6.28. The van der Waals surface area contributed by atoms with Crippen LogP contribution in [0.1, 0.15) is 40.1 Å². The zero-order valence-electron chi connectivity index (χ0n) is 10.0. The summed E-state index contributed by atoms with van der Waals surface area (Å²) in [6.07, 6.45) is 2.73. The second-order valence-corrected chi connectivity index (χ2v) is 6.89. The second kappa shape index (κ2) is 5.08. The van der Waals surface area contributed by atoms with Gasteiger partial charge in [0.15, 0.2) is 0 Å². The lowest BCUT2D eigenvalue weighted by Crippen LogP contribution is -2.33. The van der Waals surface area contributed by atoms with E-state index in [0.717, 1.165) is 6.04 Å². The van der Waals surface area contributed by atoms with Gasteiger partial charge in [0.1, 0.15) is 0 Å². The van der Waals surface area contributed by atoms with E-state index in [2.05, 4.69) is 33.9 Å². The molecule has 0 radical (unpaired) electrons. The summed E-state index contributed by atoms with van der Waals surface area (Å²) in [6, 6.07) is 7.58. The smallest absolute Gasteiger partial charge is 0.0408 e. The van der Waals surface area contributed by atoms with Crippen LogP contribution >= 0.6 is 39.7 Å². The largest absolute Gasteiger partial charge is 0.295 e. The molecule has 0 spiro atoms. The van der Waals surface area contributed by atoms with Crippen molar-refractivity contribution in [2.24, 2.45) is 0 Å². The van der Waals surface area contributed by atoms with Gasteiger partial charge in [-0.25, -0.2) is 0 Å². The number of hydrogen-bond acceptors (Lipinski definition) is 3. The van der Waals surface area contributed by atoms with Gasteiger partial charge in [0.05, 0.1) is 0 Å². The monoisotopic (exact) mass is 341 g/mol. The predicted molar refractivity (Wildman–Crippen MR) is 84.4 cm³/mol. The highest BCUT2D eigenvalue weighted by atomic mass is 79.9. The van der Waals surface area contributed by atoms with Gasteiger partial charge in [-0.1, -0.05) is 6.07 Å². The fraction of sp³-hybridized carbons (Fsp3) is 0.429. The summed E-state index contributed by atoms with van der Waals surface area (Å²) in [5.41, 5.74) is 1.62. The van der Waals surface area contributed by atoms with Gasteiger partial charge in [0.25, 0.3) is 0 Å². The molecule has 0 N–H and O–H groups in total. The lowest BCUT2D eigenvalue weighted by atomic mass is 9.92. The molecule has 2 aliphatic heterocycles. The minimum Gasteiger partial charge on any atom is -0.295 e. The maximum Gasteiger partial charge on any atom is 0.0408 e. The average molecular weight is 342 g/mol. The minimum atomic E-state index is 0. The van der Waals surface area contributed by atoms with Crippen molar-refractivity contribution in [3.05, 3.63) is 44.3 Å². The lowest BCUT2D eigenvalue weighted by molar-refractivity contribution is 0.233. The van der Waals surface area contributed by atoms with E-state index in [9.17, 15) is 0 Å². The molecule has 96 valence electrons. The molecular weight excluding hydrogens is 326 g/mol. The Balaban J connectivity index is 0.000001000. The summed E-state index contributed by atoms with van der Waals surface area (Å²) in [5.74, 6) is 0.638. The SMILES string of the molecule is Br.c1csc([C@H]2CN3CCC[C@H]3c3ccsc32)c1. The first-order valence-corrected chi connectivity index (χ1v) is 8.04. The third kappa shape index (κ3) is 1.90. The average Bonchev–Trinajstić information content (AvgIpc) is 3.09. The Kier molecular flexibility index (Phi) is 3.63. The molecule has 0 aliphatic carbocycles. The van der Waals surface area contributed by atoms with Crippen molar-refractivity contribution in [1.29, 1.82) is 0 Å². The minimum absolute atomic E-state index is 0. The highest BCUT2D eigenvalue weighted by molar-refractivity contribution is 8.93. The summed E-state index contributed by atoms with van der Waals surface area (Å²) < 4.78 is 0. The highest BCUT2D eigenvalue weighted by Crippen LogP contribution is 2.47. The molecule has 0 saturated carbocycles. The second-order valence-electron chi connectivity index (χ2n) is 4.96. The van der Waals surface area contributed by atoms with Crippen LogP contribution in [0.5, 0.6) is 0 Å². The highest BCUT2D eigenvalue weighted by Gasteiger charge is 2.37. The summed E-state index contributed by atoms with van der Waals surface area (Å²) in [5, 5.41) is 4.49. The van der Waals surface area contributed by atoms with Crippen LogP contribution in [0.25, 0.3) is 0 Å². The molecule has 2 aromatic heterocycles. The van der Waals surface area contributed by atoms with Gasteiger partial charge in [-0.2, -0.15) is 0 Å². The molecule has 1 nitrogen and oxygen atoms in total. The molecule has 2 aliphatic rings. The van der Waals surface area contributed by atoms with E-state index in [1.54, 1.807) is 15.3 Å². The normalized spacial score (nSPS) is 26.4. The van der Waals surface area contributed by atoms with Crippen molar-refractivity contribution in [3.63, 3.8) is 0 Å². The quantitative estimate of drug-likeness (QED) is 0.728. The number of halogens is 1. The van der Waals surface area contributed by atoms with Crippen molar-refractivity contribution >= 4 is 39.7 Å². The lowest BCUT2D eigenvalue weighted by Gasteiger charge is -2.34. The zero-order chi connectivity index (χ0) is 11.2. The Bertz CT molecular complexity index is 520. The maximum atomic E-state index is 2.69. The maximum absolute atomic E-state index is 2.69. The van der Waals surface area contributed by atoms with E-state index >= 15 is 0 Å². The van der Waals surface area contributed by atoms with Gasteiger partial charge in [-0.3, -0.25) is 4.90 Å². The zero-order valence-corrected chi connectivity index (χ0v) is 13.4. The molecule has 0 aromatic carbocycles. The van der Waals surface area contributed by atoms with E-state index < -0.39 is 0 Å². The molecule has 4 rings (SSSR count). The molecule has 18 heavy (non-hydrogen) atoms. The number of thiophene rings is 2. The Labute approximate surface area is 126 Å². The first kappa shape index (κ1) is 12.9. The van der Waals surface area contributed by atoms with Crippen LogP contribution in [0.15, 0.2) is 29.0 Å². The number of fused-ring (bicyclic) bond motifs is 3. The van der Waals surface area contributed by atoms with Crippen molar-refractivity contribution in [2.45, 2.75) is 24.8 Å². The molecule has 1 saturated heterocycles. The summed E-state index contributed by atoms with van der Waals surface area (Å²) in [4.78, 5) is 5.87. The van der Waals surface area contributed by atoms with Crippen LogP contribution in [0, 0.1) is 0 Å². The standard InChI is InChI=1S/C14H15NS2.BrH/c1-3-12-10-5-8-17-14(10)11(9-15(12)6-1)13-4-2-7-16-13;/h2,4-5,7-8,11-12H,1,3,6,9H2;1H/t11-,12+;/m1./s1. The number of rotatable bonds is 1. The Morgan fingerprint density at radius 2 is 2.11 bits per heavy atom. The molecule has 1 fully saturated rings. The Hall–Kier alpha value is -0.160. The van der Waals surface area contributed by atoms with Gasteiger partial charge in [0, 0.05) is 28.3 Å². The van der Waals surface area contributed by atoms with Crippen molar-refractivity contribution < 1.29 is 0 Å². The fourth-order valence-electron chi connectivity index (χ4n) is 3.31. The number of nitrogens with zero attached hydrogens (tertiary/aromatic N) is 1. The number of hydrogen-bond donors (Lipinski definition) is 0. The van der Waals surface area contributed by atoms with Gasteiger partial charge in [0.2, 0.25) is 0 Å². The van der Waals surface area contributed by atoms with Crippen molar-refractivity contribution in [2.75, 3.05) is 13.1 Å². The van der Waals surface area contributed by atoms with E-state index in [4.69, 9.17) is 0 Å². The summed E-state index contributed by atoms with van der Waals surface area (Å²) in [6.45, 7) is 2.53. The van der Waals surface area contributed by atoms with Crippen molar-refractivity contribution in [3.8, 4) is 0 Å². The third-order valence-electron chi connectivity index (χ3n) is 4.07. The fourth-order valence-corrected chi connectivity index (χ4v) is 5.28. The summed E-state index contributed by atoms with van der Waals surface area (Å²) in [7, 11) is 0. The molecular formula is C14H16BrNS2. The Morgan fingerprint density at radius 3 is 2.94 bits per heavy atom. The van der Waals surface area contributed by atoms with E-state index in [-0.39, 0.29) is 17.0 Å². The third-order valence-corrected chi connectivity index (χ3v) is 6.10. The first-order chi connectivity index (χ1) is 8.43. The van der Waals surface area contributed by atoms with E-state index in [0.29, 0.717) is 5.92 Å². The van der Waals surface area contributed by atoms with E-state index in [1.165, 1.54) is 25.9 Å². The van der Waals surface area contributed by atoms with Crippen LogP contribution in [0.2, 0.25) is 0 Å². The molecule has 0 amide bonds. The molecule has 0 unspecified atom stereocenters. The Morgan fingerprint density at radius 1 is 1.17 bits per heavy atom. The predicted octanol–water partition coefficient (Wildman–Crippen LogP) is 4.67. The van der Waals surface area contributed by atoms with Gasteiger partial charge in [-0.15, -0.1) is 39.7 Å². The van der Waals surface area contributed by atoms with Crippen molar-refractivity contribution in [1.82, 2.24) is 4.90 Å². The molecule has 4 heteroatoms. The van der Waals surface area contributed by atoms with Gasteiger partial charge in [-0.05, 0) is 47.8 Å². The van der Waals surface area contributed by atoms with Crippen LogP contribution in [0.4, 0.5) is 0 Å². The van der Waals surface area contributed by atoms with Crippen LogP contribution in [0.3, 0.4) is 0 Å². The van der Waals surface area contributed by atoms with Gasteiger partial charge < -0.3 is 0 Å². The topological polar surface area (TPSA) is 3.24 Å². The van der Waals surface area contributed by atoms with Crippen LogP contribution in [-0.2, 0) is 0 Å². The molecule has 2 atom stereocenters. The van der Waals surface area contributed by atoms with Gasteiger partial charge >= 0.3 is 0 Å².